The zero-order valence-electron chi connectivity index (χ0n) is 17.9. The van der Waals surface area contributed by atoms with Crippen LogP contribution in [0.4, 0.5) is 5.69 Å². The van der Waals surface area contributed by atoms with Crippen molar-refractivity contribution >= 4 is 11.6 Å². The number of hydrogen-bond acceptors (Lipinski definition) is 3. The van der Waals surface area contributed by atoms with Crippen molar-refractivity contribution in [1.82, 2.24) is 4.90 Å². The molecule has 1 fully saturated rings. The molecule has 0 atom stereocenters. The minimum atomic E-state index is -0.0544. The number of piperidine rings is 1. The normalized spacial score (nSPS) is 15.3. The summed E-state index contributed by atoms with van der Waals surface area (Å²) in [5.41, 5.74) is 4.86. The largest absolute Gasteiger partial charge is 0.459 e. The van der Waals surface area contributed by atoms with Gasteiger partial charge in [0.05, 0.1) is 6.26 Å². The number of hydrogen-bond donors (Lipinski definition) is 0. The second-order valence-corrected chi connectivity index (χ2v) is 8.17. The molecule has 1 saturated heterocycles. The lowest BCUT2D eigenvalue weighted by Crippen LogP contribution is -2.47. The first-order chi connectivity index (χ1) is 14.6. The van der Waals surface area contributed by atoms with Crippen molar-refractivity contribution < 1.29 is 9.21 Å². The van der Waals surface area contributed by atoms with Crippen LogP contribution in [0.15, 0.2) is 71.3 Å². The monoisotopic (exact) mass is 402 g/mol. The fraction of sp³-hybridized carbons (Fsp3) is 0.346. The lowest BCUT2D eigenvalue weighted by Gasteiger charge is -2.38. The second kappa shape index (κ2) is 9.31. The molecule has 2 aromatic carbocycles. The van der Waals surface area contributed by atoms with E-state index in [0.29, 0.717) is 5.76 Å². The Labute approximate surface area is 179 Å². The van der Waals surface area contributed by atoms with E-state index in [1.807, 2.05) is 4.90 Å². The predicted octanol–water partition coefficient (Wildman–Crippen LogP) is 5.46. The second-order valence-electron chi connectivity index (χ2n) is 8.17. The highest BCUT2D eigenvalue weighted by molar-refractivity contribution is 6.04. The molecule has 2 heterocycles. The zero-order valence-corrected chi connectivity index (χ0v) is 17.9. The van der Waals surface area contributed by atoms with Crippen molar-refractivity contribution in [2.45, 2.75) is 45.7 Å². The van der Waals surface area contributed by atoms with E-state index in [2.05, 4.69) is 67.3 Å². The van der Waals surface area contributed by atoms with E-state index in [0.717, 1.165) is 44.6 Å². The molecule has 4 rings (SSSR count). The third kappa shape index (κ3) is 4.65. The topological polar surface area (TPSA) is 36.7 Å². The van der Waals surface area contributed by atoms with Crippen molar-refractivity contribution in [3.05, 3.63) is 89.4 Å². The molecule has 3 aromatic rings. The molecule has 4 heteroatoms. The molecule has 4 nitrogen and oxygen atoms in total. The Hall–Kier alpha value is -2.85. The quantitative estimate of drug-likeness (QED) is 0.549. The Balaban J connectivity index is 1.48. The standard InChI is InChI=1S/C26H30N2O2/c1-3-21-10-12-23(13-11-21)28(26(29)25-5-4-18-30-25)24-14-16-27(17-15-24)19-22-8-6-20(2)7-9-22/h4-13,18,24H,3,14-17,19H2,1-2H3. The van der Waals surface area contributed by atoms with Crippen molar-refractivity contribution in [2.75, 3.05) is 18.0 Å². The van der Waals surface area contributed by atoms with Gasteiger partial charge in [-0.3, -0.25) is 9.69 Å². The van der Waals surface area contributed by atoms with Gasteiger partial charge < -0.3 is 9.32 Å². The van der Waals surface area contributed by atoms with E-state index in [9.17, 15) is 4.79 Å². The number of anilines is 1. The number of aryl methyl sites for hydroxylation is 2. The summed E-state index contributed by atoms with van der Waals surface area (Å²) in [6.07, 6.45) is 4.46. The van der Waals surface area contributed by atoms with Gasteiger partial charge in [-0.25, -0.2) is 0 Å². The number of nitrogens with zero attached hydrogens (tertiary/aromatic N) is 2. The van der Waals surface area contributed by atoms with Crippen molar-refractivity contribution in [3.63, 3.8) is 0 Å². The molecule has 0 aliphatic carbocycles. The molecule has 0 spiro atoms. The summed E-state index contributed by atoms with van der Waals surface area (Å²) in [5.74, 6) is 0.345. The van der Waals surface area contributed by atoms with Crippen LogP contribution in [0.25, 0.3) is 0 Å². The summed E-state index contributed by atoms with van der Waals surface area (Å²) in [5, 5.41) is 0. The number of carbonyl (C=O) groups excluding carboxylic acids is 1. The fourth-order valence-corrected chi connectivity index (χ4v) is 4.19. The molecule has 0 N–H and O–H groups in total. The van der Waals surface area contributed by atoms with E-state index >= 15 is 0 Å². The van der Waals surface area contributed by atoms with Gasteiger partial charge in [0, 0.05) is 31.4 Å². The summed E-state index contributed by atoms with van der Waals surface area (Å²) in [6, 6.07) is 20.8. The maximum absolute atomic E-state index is 13.3. The van der Waals surface area contributed by atoms with Crippen LogP contribution in [-0.2, 0) is 13.0 Å². The van der Waals surface area contributed by atoms with Crippen molar-refractivity contribution in [3.8, 4) is 0 Å². The molecule has 1 aliphatic heterocycles. The average molecular weight is 403 g/mol. The van der Waals surface area contributed by atoms with Gasteiger partial charge in [-0.05, 0) is 61.6 Å². The van der Waals surface area contributed by atoms with Crippen LogP contribution in [0, 0.1) is 6.92 Å². The Morgan fingerprint density at radius 1 is 1.00 bits per heavy atom. The van der Waals surface area contributed by atoms with Crippen LogP contribution in [0.2, 0.25) is 0 Å². The van der Waals surface area contributed by atoms with E-state index in [1.165, 1.54) is 16.7 Å². The third-order valence-corrected chi connectivity index (χ3v) is 6.02. The first kappa shape index (κ1) is 20.4. The number of carbonyl (C=O) groups is 1. The van der Waals surface area contributed by atoms with Gasteiger partial charge in [0.1, 0.15) is 0 Å². The molecule has 156 valence electrons. The number of likely N-dealkylation sites (tertiary alicyclic amines) is 1. The Bertz CT molecular complexity index is 938. The molecule has 1 aliphatic rings. The Kier molecular flexibility index (Phi) is 6.34. The van der Waals surface area contributed by atoms with Crippen LogP contribution in [0.5, 0.6) is 0 Å². The van der Waals surface area contributed by atoms with Gasteiger partial charge in [-0.15, -0.1) is 0 Å². The molecule has 0 bridgehead atoms. The highest BCUT2D eigenvalue weighted by Gasteiger charge is 2.31. The number of benzene rings is 2. The Morgan fingerprint density at radius 3 is 2.27 bits per heavy atom. The van der Waals surface area contributed by atoms with Crippen LogP contribution in [0.1, 0.15) is 47.0 Å². The molecule has 0 unspecified atom stereocenters. The van der Waals surface area contributed by atoms with E-state index < -0.39 is 0 Å². The molecule has 0 radical (unpaired) electrons. The van der Waals surface area contributed by atoms with Crippen molar-refractivity contribution in [2.24, 2.45) is 0 Å². The van der Waals surface area contributed by atoms with Crippen molar-refractivity contribution in [1.29, 1.82) is 0 Å². The smallest absolute Gasteiger partial charge is 0.294 e. The van der Waals surface area contributed by atoms with Gasteiger partial charge in [-0.2, -0.15) is 0 Å². The summed E-state index contributed by atoms with van der Waals surface area (Å²) >= 11 is 0. The van der Waals surface area contributed by atoms with Gasteiger partial charge in [-0.1, -0.05) is 48.9 Å². The van der Waals surface area contributed by atoms with Gasteiger partial charge >= 0.3 is 0 Å². The predicted molar refractivity (Wildman–Crippen MR) is 121 cm³/mol. The molecule has 30 heavy (non-hydrogen) atoms. The minimum absolute atomic E-state index is 0.0544. The van der Waals surface area contributed by atoms with Crippen LogP contribution in [-0.4, -0.2) is 29.9 Å². The van der Waals surface area contributed by atoms with Gasteiger partial charge in [0.15, 0.2) is 5.76 Å². The van der Waals surface area contributed by atoms with Gasteiger partial charge in [0.25, 0.3) is 5.91 Å². The first-order valence-electron chi connectivity index (χ1n) is 10.9. The maximum Gasteiger partial charge on any atom is 0.294 e. The maximum atomic E-state index is 13.3. The molecule has 0 saturated carbocycles. The highest BCUT2D eigenvalue weighted by Crippen LogP contribution is 2.27. The zero-order chi connectivity index (χ0) is 20.9. The minimum Gasteiger partial charge on any atom is -0.459 e. The third-order valence-electron chi connectivity index (χ3n) is 6.02. The van der Waals surface area contributed by atoms with E-state index in [-0.39, 0.29) is 11.9 Å². The molecular formula is C26H30N2O2. The summed E-state index contributed by atoms with van der Waals surface area (Å²) in [4.78, 5) is 17.7. The van der Waals surface area contributed by atoms with Crippen LogP contribution < -0.4 is 4.90 Å². The van der Waals surface area contributed by atoms with E-state index in [4.69, 9.17) is 4.42 Å². The van der Waals surface area contributed by atoms with Crippen LogP contribution in [0.3, 0.4) is 0 Å². The highest BCUT2D eigenvalue weighted by atomic mass is 16.3. The average Bonchev–Trinajstić information content (AvgIpc) is 3.32. The first-order valence-corrected chi connectivity index (χ1v) is 10.9. The molecular weight excluding hydrogens is 372 g/mol. The fourth-order valence-electron chi connectivity index (χ4n) is 4.19. The number of rotatable bonds is 6. The Morgan fingerprint density at radius 2 is 1.67 bits per heavy atom. The lowest BCUT2D eigenvalue weighted by molar-refractivity contribution is 0.0931. The number of furan rings is 1. The summed E-state index contributed by atoms with van der Waals surface area (Å²) in [6.45, 7) is 7.18. The molecule has 1 amide bonds. The van der Waals surface area contributed by atoms with Crippen LogP contribution >= 0.6 is 0 Å². The summed E-state index contributed by atoms with van der Waals surface area (Å²) < 4.78 is 5.44. The molecule has 1 aromatic heterocycles. The lowest BCUT2D eigenvalue weighted by atomic mass is 10.0. The van der Waals surface area contributed by atoms with E-state index in [1.54, 1.807) is 18.4 Å². The summed E-state index contributed by atoms with van der Waals surface area (Å²) in [7, 11) is 0. The SMILES string of the molecule is CCc1ccc(N(C(=O)c2ccco2)C2CCN(Cc3ccc(C)cc3)CC2)cc1. The van der Waals surface area contributed by atoms with Gasteiger partial charge in [0.2, 0.25) is 0 Å². The number of amides is 1.